The highest BCUT2D eigenvalue weighted by Gasteiger charge is 2.26. The van der Waals surface area contributed by atoms with Crippen LogP contribution in [0.1, 0.15) is 35.3 Å². The predicted octanol–water partition coefficient (Wildman–Crippen LogP) is 2.02. The van der Waals surface area contributed by atoms with Gasteiger partial charge < -0.3 is 10.3 Å². The molecule has 2 N–H and O–H groups in total. The standard InChI is InChI=1S/C12H14N4OS/c1-7-14-9(6-18-7)5-13-10-4-11(17)16-12(15-10)8-2-3-8/h4,6,8H,2-3,5H2,1H3,(H2,13,15,16,17). The van der Waals surface area contributed by atoms with Crippen LogP contribution < -0.4 is 10.9 Å². The van der Waals surface area contributed by atoms with E-state index in [4.69, 9.17) is 0 Å². The molecule has 6 heteroatoms. The molecule has 0 amide bonds. The van der Waals surface area contributed by atoms with E-state index in [0.717, 1.165) is 29.4 Å². The minimum absolute atomic E-state index is 0.0936. The Morgan fingerprint density at radius 2 is 2.33 bits per heavy atom. The van der Waals surface area contributed by atoms with Crippen LogP contribution in [0.3, 0.4) is 0 Å². The maximum Gasteiger partial charge on any atom is 0.252 e. The largest absolute Gasteiger partial charge is 0.364 e. The first-order valence-electron chi connectivity index (χ1n) is 5.97. The molecule has 0 saturated heterocycles. The molecule has 0 aromatic carbocycles. The van der Waals surface area contributed by atoms with Crippen molar-refractivity contribution in [2.45, 2.75) is 32.2 Å². The highest BCUT2D eigenvalue weighted by Crippen LogP contribution is 2.37. The topological polar surface area (TPSA) is 70.7 Å². The second-order valence-corrected chi connectivity index (χ2v) is 5.56. The van der Waals surface area contributed by atoms with Gasteiger partial charge in [-0.05, 0) is 19.8 Å². The van der Waals surface area contributed by atoms with Crippen molar-refractivity contribution < 1.29 is 0 Å². The van der Waals surface area contributed by atoms with Crippen molar-refractivity contribution in [3.63, 3.8) is 0 Å². The van der Waals surface area contributed by atoms with Gasteiger partial charge in [-0.1, -0.05) is 0 Å². The average molecular weight is 262 g/mol. The van der Waals surface area contributed by atoms with Crippen LogP contribution in [-0.2, 0) is 6.54 Å². The van der Waals surface area contributed by atoms with E-state index in [1.165, 1.54) is 6.07 Å². The van der Waals surface area contributed by atoms with E-state index in [9.17, 15) is 4.79 Å². The van der Waals surface area contributed by atoms with Gasteiger partial charge in [-0.2, -0.15) is 0 Å². The second-order valence-electron chi connectivity index (χ2n) is 4.50. The minimum Gasteiger partial charge on any atom is -0.364 e. The van der Waals surface area contributed by atoms with Gasteiger partial charge >= 0.3 is 0 Å². The summed E-state index contributed by atoms with van der Waals surface area (Å²) in [4.78, 5) is 23.1. The molecule has 2 aromatic rings. The normalized spacial score (nSPS) is 14.7. The lowest BCUT2D eigenvalue weighted by Gasteiger charge is -2.05. The third-order valence-corrected chi connectivity index (χ3v) is 3.66. The molecule has 0 atom stereocenters. The minimum atomic E-state index is -0.0936. The van der Waals surface area contributed by atoms with Crippen molar-refractivity contribution in [3.8, 4) is 0 Å². The van der Waals surface area contributed by atoms with Crippen LogP contribution in [-0.4, -0.2) is 15.0 Å². The number of H-pyrrole nitrogens is 1. The first-order valence-corrected chi connectivity index (χ1v) is 6.85. The van der Waals surface area contributed by atoms with E-state index in [1.54, 1.807) is 11.3 Å². The van der Waals surface area contributed by atoms with E-state index in [-0.39, 0.29) is 5.56 Å². The highest BCUT2D eigenvalue weighted by atomic mass is 32.1. The fourth-order valence-corrected chi connectivity index (χ4v) is 2.40. The van der Waals surface area contributed by atoms with Crippen molar-refractivity contribution >= 4 is 17.2 Å². The molecule has 1 aliphatic rings. The summed E-state index contributed by atoms with van der Waals surface area (Å²) in [5.41, 5.74) is 0.886. The Morgan fingerprint density at radius 1 is 1.50 bits per heavy atom. The summed E-state index contributed by atoms with van der Waals surface area (Å²) >= 11 is 1.62. The van der Waals surface area contributed by atoms with Gasteiger partial charge in [-0.15, -0.1) is 11.3 Å². The number of anilines is 1. The van der Waals surface area contributed by atoms with E-state index in [2.05, 4.69) is 20.3 Å². The summed E-state index contributed by atoms with van der Waals surface area (Å²) in [6.07, 6.45) is 2.25. The summed E-state index contributed by atoms with van der Waals surface area (Å²) in [5, 5.41) is 6.21. The van der Waals surface area contributed by atoms with Gasteiger partial charge in [-0.3, -0.25) is 4.79 Å². The molecule has 0 bridgehead atoms. The van der Waals surface area contributed by atoms with Gasteiger partial charge in [0.1, 0.15) is 11.6 Å². The number of aromatic amines is 1. The van der Waals surface area contributed by atoms with Crippen LogP contribution in [0.5, 0.6) is 0 Å². The zero-order valence-electron chi connectivity index (χ0n) is 10.1. The lowest BCUT2D eigenvalue weighted by molar-refractivity contribution is 0.900. The van der Waals surface area contributed by atoms with Crippen LogP contribution in [0, 0.1) is 6.92 Å². The van der Waals surface area contributed by atoms with Crippen molar-refractivity contribution in [2.75, 3.05) is 5.32 Å². The third-order valence-electron chi connectivity index (χ3n) is 2.84. The molecule has 0 unspecified atom stereocenters. The van der Waals surface area contributed by atoms with Crippen LogP contribution in [0.25, 0.3) is 0 Å². The Hall–Kier alpha value is -1.69. The van der Waals surface area contributed by atoms with Crippen molar-refractivity contribution in [3.05, 3.63) is 38.3 Å². The molecule has 2 aromatic heterocycles. The van der Waals surface area contributed by atoms with E-state index in [1.807, 2.05) is 12.3 Å². The Bertz CT molecular complexity index is 615. The van der Waals surface area contributed by atoms with Gasteiger partial charge in [0.25, 0.3) is 5.56 Å². The van der Waals surface area contributed by atoms with Crippen LogP contribution in [0.2, 0.25) is 0 Å². The van der Waals surface area contributed by atoms with Gasteiger partial charge in [0, 0.05) is 17.4 Å². The lowest BCUT2D eigenvalue weighted by Crippen LogP contribution is -2.13. The molecule has 0 radical (unpaired) electrons. The Balaban J connectivity index is 1.73. The van der Waals surface area contributed by atoms with Gasteiger partial charge in [0.05, 0.1) is 17.2 Å². The van der Waals surface area contributed by atoms with E-state index in [0.29, 0.717) is 18.3 Å². The van der Waals surface area contributed by atoms with E-state index < -0.39 is 0 Å². The molecule has 1 saturated carbocycles. The molecule has 2 heterocycles. The molecule has 94 valence electrons. The molecule has 0 spiro atoms. The summed E-state index contributed by atoms with van der Waals surface area (Å²) in [7, 11) is 0. The number of hydrogen-bond donors (Lipinski definition) is 2. The fourth-order valence-electron chi connectivity index (χ4n) is 1.79. The van der Waals surface area contributed by atoms with Crippen molar-refractivity contribution in [1.82, 2.24) is 15.0 Å². The monoisotopic (exact) mass is 262 g/mol. The smallest absolute Gasteiger partial charge is 0.252 e. The number of aromatic nitrogens is 3. The Kier molecular flexibility index (Phi) is 2.87. The summed E-state index contributed by atoms with van der Waals surface area (Å²) in [6, 6.07) is 1.49. The SMILES string of the molecule is Cc1nc(CNc2cc(=O)[nH]c(C3CC3)n2)cs1. The molecule has 0 aliphatic heterocycles. The summed E-state index contributed by atoms with van der Waals surface area (Å²) < 4.78 is 0. The Morgan fingerprint density at radius 3 is 3.00 bits per heavy atom. The van der Waals surface area contributed by atoms with Crippen molar-refractivity contribution in [1.29, 1.82) is 0 Å². The molecular formula is C12H14N4OS. The zero-order chi connectivity index (χ0) is 12.5. The summed E-state index contributed by atoms with van der Waals surface area (Å²) in [6.45, 7) is 2.58. The number of nitrogens with one attached hydrogen (secondary N) is 2. The van der Waals surface area contributed by atoms with Gasteiger partial charge in [0.2, 0.25) is 0 Å². The molecule has 3 rings (SSSR count). The third kappa shape index (κ3) is 2.59. The maximum absolute atomic E-state index is 11.5. The Labute approximate surface area is 108 Å². The molecular weight excluding hydrogens is 248 g/mol. The van der Waals surface area contributed by atoms with Crippen LogP contribution in [0.15, 0.2) is 16.2 Å². The number of aryl methyl sites for hydroxylation is 1. The van der Waals surface area contributed by atoms with Crippen LogP contribution >= 0.6 is 11.3 Å². The molecule has 1 fully saturated rings. The number of rotatable bonds is 4. The quantitative estimate of drug-likeness (QED) is 0.884. The first kappa shape index (κ1) is 11.4. The number of nitrogens with zero attached hydrogens (tertiary/aromatic N) is 2. The maximum atomic E-state index is 11.5. The second kappa shape index (κ2) is 4.53. The highest BCUT2D eigenvalue weighted by molar-refractivity contribution is 7.09. The lowest BCUT2D eigenvalue weighted by atomic mass is 10.4. The molecule has 18 heavy (non-hydrogen) atoms. The molecule has 5 nitrogen and oxygen atoms in total. The van der Waals surface area contributed by atoms with Gasteiger partial charge in [-0.25, -0.2) is 9.97 Å². The summed E-state index contributed by atoms with van der Waals surface area (Å²) in [5.74, 6) is 1.88. The predicted molar refractivity (Wildman–Crippen MR) is 71.0 cm³/mol. The van der Waals surface area contributed by atoms with Gasteiger partial charge in [0.15, 0.2) is 0 Å². The van der Waals surface area contributed by atoms with Crippen molar-refractivity contribution in [2.24, 2.45) is 0 Å². The molecule has 1 aliphatic carbocycles. The number of thiazole rings is 1. The van der Waals surface area contributed by atoms with Crippen LogP contribution in [0.4, 0.5) is 5.82 Å². The van der Waals surface area contributed by atoms with E-state index >= 15 is 0 Å². The zero-order valence-corrected chi connectivity index (χ0v) is 10.9. The first-order chi connectivity index (χ1) is 8.70. The number of hydrogen-bond acceptors (Lipinski definition) is 5. The average Bonchev–Trinajstić information content (AvgIpc) is 3.10. The fraction of sp³-hybridized carbons (Fsp3) is 0.417.